The van der Waals surface area contributed by atoms with E-state index in [-0.39, 0.29) is 18.1 Å². The van der Waals surface area contributed by atoms with Crippen LogP contribution in [0.4, 0.5) is 11.4 Å². The summed E-state index contributed by atoms with van der Waals surface area (Å²) < 4.78 is 0.723. The third kappa shape index (κ3) is 3.62. The van der Waals surface area contributed by atoms with E-state index in [1.807, 2.05) is 0 Å². The lowest BCUT2D eigenvalue weighted by atomic mass is 10.2. The Morgan fingerprint density at radius 3 is 2.88 bits per heavy atom. The molecule has 0 heterocycles. The highest BCUT2D eigenvalue weighted by molar-refractivity contribution is 9.10. The van der Waals surface area contributed by atoms with E-state index in [4.69, 9.17) is 11.6 Å². The van der Waals surface area contributed by atoms with Crippen LogP contribution in [-0.4, -0.2) is 28.6 Å². The zero-order valence-electron chi connectivity index (χ0n) is 8.19. The standard InChI is InChI=1S/C9H10BrClN2O3/c10-6-1-2-9(13(15)16)8(3-6)12-5-7(14)4-11/h1-3,7,12,14H,4-5H2. The van der Waals surface area contributed by atoms with E-state index in [1.54, 1.807) is 12.1 Å². The molecule has 0 spiro atoms. The van der Waals surface area contributed by atoms with Gasteiger partial charge in [0.1, 0.15) is 5.69 Å². The summed E-state index contributed by atoms with van der Waals surface area (Å²) in [5.41, 5.74) is 0.313. The van der Waals surface area contributed by atoms with Gasteiger partial charge in [-0.25, -0.2) is 0 Å². The second kappa shape index (κ2) is 6.03. The van der Waals surface area contributed by atoms with Crippen LogP contribution in [0, 0.1) is 10.1 Å². The van der Waals surface area contributed by atoms with Gasteiger partial charge in [-0.2, -0.15) is 0 Å². The summed E-state index contributed by atoms with van der Waals surface area (Å²) in [7, 11) is 0. The average molecular weight is 310 g/mol. The first kappa shape index (κ1) is 13.2. The molecule has 0 aliphatic heterocycles. The van der Waals surface area contributed by atoms with Crippen molar-refractivity contribution in [3.63, 3.8) is 0 Å². The van der Waals surface area contributed by atoms with Crippen LogP contribution >= 0.6 is 27.5 Å². The van der Waals surface area contributed by atoms with Gasteiger partial charge in [0.2, 0.25) is 0 Å². The smallest absolute Gasteiger partial charge is 0.292 e. The molecular weight excluding hydrogens is 299 g/mol. The Kier molecular flexibility index (Phi) is 4.98. The number of anilines is 1. The maximum atomic E-state index is 10.7. The van der Waals surface area contributed by atoms with Crippen LogP contribution in [0.1, 0.15) is 0 Å². The molecule has 2 N–H and O–H groups in total. The quantitative estimate of drug-likeness (QED) is 0.497. The van der Waals surface area contributed by atoms with Gasteiger partial charge < -0.3 is 10.4 Å². The SMILES string of the molecule is O=[N+]([O-])c1ccc(Br)cc1NCC(O)CCl. The van der Waals surface area contributed by atoms with Crippen LogP contribution in [0.5, 0.6) is 0 Å². The number of aliphatic hydroxyl groups excluding tert-OH is 1. The van der Waals surface area contributed by atoms with Gasteiger partial charge in [0.15, 0.2) is 0 Å². The summed E-state index contributed by atoms with van der Waals surface area (Å²) in [4.78, 5) is 10.2. The fourth-order valence-corrected chi connectivity index (χ4v) is 1.56. The topological polar surface area (TPSA) is 75.4 Å². The van der Waals surface area contributed by atoms with Crippen molar-refractivity contribution in [1.82, 2.24) is 0 Å². The highest BCUT2D eigenvalue weighted by Gasteiger charge is 2.14. The summed E-state index contributed by atoms with van der Waals surface area (Å²) in [5, 5.41) is 22.7. The van der Waals surface area contributed by atoms with Crippen molar-refractivity contribution in [1.29, 1.82) is 0 Å². The molecule has 0 bridgehead atoms. The Hall–Kier alpha value is -0.850. The Morgan fingerprint density at radius 1 is 1.62 bits per heavy atom. The van der Waals surface area contributed by atoms with E-state index in [9.17, 15) is 15.2 Å². The summed E-state index contributed by atoms with van der Waals surface area (Å²) in [5.74, 6) is 0.0782. The Morgan fingerprint density at radius 2 is 2.31 bits per heavy atom. The minimum Gasteiger partial charge on any atom is -0.390 e. The number of benzene rings is 1. The lowest BCUT2D eigenvalue weighted by molar-refractivity contribution is -0.384. The van der Waals surface area contributed by atoms with Crippen molar-refractivity contribution < 1.29 is 10.0 Å². The predicted molar refractivity (Wildman–Crippen MR) is 66.0 cm³/mol. The van der Waals surface area contributed by atoms with Crippen LogP contribution in [0.25, 0.3) is 0 Å². The third-order valence-corrected chi connectivity index (χ3v) is 2.71. The maximum Gasteiger partial charge on any atom is 0.292 e. The highest BCUT2D eigenvalue weighted by Crippen LogP contribution is 2.27. The number of halogens is 2. The van der Waals surface area contributed by atoms with E-state index in [0.29, 0.717) is 5.69 Å². The summed E-state index contributed by atoms with van der Waals surface area (Å²) >= 11 is 8.64. The number of nitro groups is 1. The van der Waals surface area contributed by atoms with Crippen molar-refractivity contribution in [2.24, 2.45) is 0 Å². The fourth-order valence-electron chi connectivity index (χ4n) is 1.09. The van der Waals surface area contributed by atoms with E-state index in [0.717, 1.165) is 4.47 Å². The number of rotatable bonds is 5. The molecule has 16 heavy (non-hydrogen) atoms. The number of alkyl halides is 1. The Labute approximate surface area is 106 Å². The van der Waals surface area contributed by atoms with Crippen LogP contribution in [0.2, 0.25) is 0 Å². The van der Waals surface area contributed by atoms with Gasteiger partial charge in [-0.3, -0.25) is 10.1 Å². The van der Waals surface area contributed by atoms with E-state index in [2.05, 4.69) is 21.2 Å². The van der Waals surface area contributed by atoms with Gasteiger partial charge in [0.05, 0.1) is 16.9 Å². The molecule has 0 aliphatic rings. The summed E-state index contributed by atoms with van der Waals surface area (Å²) in [6.45, 7) is 0.167. The molecule has 1 rings (SSSR count). The third-order valence-electron chi connectivity index (χ3n) is 1.86. The lowest BCUT2D eigenvalue weighted by Gasteiger charge is -2.10. The lowest BCUT2D eigenvalue weighted by Crippen LogP contribution is -2.21. The van der Waals surface area contributed by atoms with Crippen molar-refractivity contribution in [3.05, 3.63) is 32.8 Å². The van der Waals surface area contributed by atoms with Gasteiger partial charge in [-0.1, -0.05) is 15.9 Å². The monoisotopic (exact) mass is 308 g/mol. The van der Waals surface area contributed by atoms with E-state index >= 15 is 0 Å². The predicted octanol–water partition coefficient (Wildman–Crippen LogP) is 2.37. The van der Waals surface area contributed by atoms with Gasteiger partial charge in [-0.05, 0) is 12.1 Å². The fraction of sp³-hybridized carbons (Fsp3) is 0.333. The van der Waals surface area contributed by atoms with E-state index < -0.39 is 11.0 Å². The van der Waals surface area contributed by atoms with Gasteiger partial charge in [0, 0.05) is 17.1 Å². The van der Waals surface area contributed by atoms with Gasteiger partial charge in [0.25, 0.3) is 5.69 Å². The molecule has 0 aromatic heterocycles. The normalized spacial score (nSPS) is 12.2. The van der Waals surface area contributed by atoms with Crippen LogP contribution in [0.3, 0.4) is 0 Å². The number of nitrogens with one attached hydrogen (secondary N) is 1. The zero-order chi connectivity index (χ0) is 12.1. The van der Waals surface area contributed by atoms with Crippen molar-refractivity contribution in [3.8, 4) is 0 Å². The van der Waals surface area contributed by atoms with Crippen LogP contribution in [0.15, 0.2) is 22.7 Å². The van der Waals surface area contributed by atoms with Crippen LogP contribution in [-0.2, 0) is 0 Å². The average Bonchev–Trinajstić information content (AvgIpc) is 2.25. The molecule has 88 valence electrons. The molecule has 7 heteroatoms. The minimum absolute atomic E-state index is 0.0371. The number of hydrogen-bond donors (Lipinski definition) is 2. The van der Waals surface area contributed by atoms with Crippen molar-refractivity contribution >= 4 is 38.9 Å². The molecule has 0 radical (unpaired) electrons. The zero-order valence-corrected chi connectivity index (χ0v) is 10.5. The highest BCUT2D eigenvalue weighted by atomic mass is 79.9. The molecule has 0 saturated carbocycles. The molecule has 0 saturated heterocycles. The van der Waals surface area contributed by atoms with Gasteiger partial charge in [-0.15, -0.1) is 11.6 Å². The molecule has 0 fully saturated rings. The molecule has 1 unspecified atom stereocenters. The first-order valence-electron chi connectivity index (χ1n) is 4.46. The summed E-state index contributed by atoms with van der Waals surface area (Å²) in [6.07, 6.45) is -0.736. The number of nitrogens with zero attached hydrogens (tertiary/aromatic N) is 1. The molecule has 5 nitrogen and oxygen atoms in total. The molecule has 1 aromatic rings. The maximum absolute atomic E-state index is 10.7. The molecule has 1 aromatic carbocycles. The molecule has 1 atom stereocenters. The molecule has 0 aliphatic carbocycles. The summed E-state index contributed by atoms with van der Waals surface area (Å²) in [6, 6.07) is 4.56. The van der Waals surface area contributed by atoms with E-state index in [1.165, 1.54) is 6.07 Å². The van der Waals surface area contributed by atoms with Gasteiger partial charge >= 0.3 is 0 Å². The second-order valence-electron chi connectivity index (χ2n) is 3.11. The Balaban J connectivity index is 2.84. The second-order valence-corrected chi connectivity index (χ2v) is 4.33. The number of aliphatic hydroxyl groups is 1. The van der Waals surface area contributed by atoms with Crippen molar-refractivity contribution in [2.45, 2.75) is 6.10 Å². The molecular formula is C9H10BrClN2O3. The van der Waals surface area contributed by atoms with Crippen molar-refractivity contribution in [2.75, 3.05) is 17.7 Å². The number of nitro benzene ring substituents is 1. The first-order valence-corrected chi connectivity index (χ1v) is 5.79. The Bertz CT molecular complexity index is 389. The number of hydrogen-bond acceptors (Lipinski definition) is 4. The first-order chi connectivity index (χ1) is 7.54. The largest absolute Gasteiger partial charge is 0.390 e. The molecule has 0 amide bonds. The minimum atomic E-state index is -0.736. The van der Waals surface area contributed by atoms with Crippen LogP contribution < -0.4 is 5.32 Å².